The molecule has 0 aliphatic rings. The maximum Gasteiger partial charge on any atom is 0.347 e. The fraction of sp³-hybridized carbons (Fsp3) is 0.429. The highest BCUT2D eigenvalue weighted by Gasteiger charge is 2.22. The van der Waals surface area contributed by atoms with Crippen LogP contribution in [0.5, 0.6) is 5.75 Å². The quantitative estimate of drug-likeness (QED) is 0.767. The zero-order valence-corrected chi connectivity index (χ0v) is 11.1. The molecule has 0 spiro atoms. The van der Waals surface area contributed by atoms with Gasteiger partial charge in [-0.25, -0.2) is 9.59 Å². The zero-order chi connectivity index (χ0) is 14.3. The molecule has 0 aliphatic carbocycles. The lowest BCUT2D eigenvalue weighted by molar-refractivity contribution is -0.149. The van der Waals surface area contributed by atoms with E-state index in [4.69, 9.17) is 9.84 Å². The molecule has 5 nitrogen and oxygen atoms in total. The number of rotatable bonds is 7. The van der Waals surface area contributed by atoms with Crippen LogP contribution in [0.1, 0.15) is 36.5 Å². The van der Waals surface area contributed by atoms with Gasteiger partial charge in [0.25, 0.3) is 0 Å². The monoisotopic (exact) mass is 266 g/mol. The van der Waals surface area contributed by atoms with Crippen molar-refractivity contribution in [3.63, 3.8) is 0 Å². The van der Waals surface area contributed by atoms with Crippen LogP contribution in [-0.4, -0.2) is 30.3 Å². The second kappa shape index (κ2) is 7.41. The zero-order valence-electron chi connectivity index (χ0n) is 11.1. The summed E-state index contributed by atoms with van der Waals surface area (Å²) < 4.78 is 10.2. The first-order chi connectivity index (χ1) is 9.10. The number of carbonyl (C=O) groups excluding carboxylic acids is 1. The van der Waals surface area contributed by atoms with Gasteiger partial charge in [-0.15, -0.1) is 0 Å². The minimum absolute atomic E-state index is 0.0351. The van der Waals surface area contributed by atoms with Gasteiger partial charge in [0, 0.05) is 0 Å². The Morgan fingerprint density at radius 1 is 1.32 bits per heavy atom. The van der Waals surface area contributed by atoms with E-state index in [1.165, 1.54) is 19.2 Å². The second-order valence-corrected chi connectivity index (χ2v) is 4.07. The number of esters is 1. The molecule has 5 heteroatoms. The number of aromatic carboxylic acids is 1. The van der Waals surface area contributed by atoms with Gasteiger partial charge in [0.1, 0.15) is 11.3 Å². The molecule has 104 valence electrons. The number of benzene rings is 1. The summed E-state index contributed by atoms with van der Waals surface area (Å²) >= 11 is 0. The van der Waals surface area contributed by atoms with E-state index < -0.39 is 18.0 Å². The Hall–Kier alpha value is -2.04. The normalized spacial score (nSPS) is 11.7. The SMILES string of the molecule is CCCCC(Oc1ccccc1C(=O)O)C(=O)OC. The van der Waals surface area contributed by atoms with Crippen LogP contribution in [0.3, 0.4) is 0 Å². The molecule has 0 radical (unpaired) electrons. The molecular formula is C14H18O5. The van der Waals surface area contributed by atoms with Gasteiger partial charge in [-0.3, -0.25) is 0 Å². The standard InChI is InChI=1S/C14H18O5/c1-3-4-8-12(14(17)18-2)19-11-9-6-5-7-10(11)13(15)16/h5-7,9,12H,3-4,8H2,1-2H3,(H,15,16). The highest BCUT2D eigenvalue weighted by Crippen LogP contribution is 2.21. The molecule has 0 saturated carbocycles. The van der Waals surface area contributed by atoms with Crippen LogP contribution in [0, 0.1) is 0 Å². The Labute approximate surface area is 112 Å². The lowest BCUT2D eigenvalue weighted by Gasteiger charge is -2.17. The average molecular weight is 266 g/mol. The van der Waals surface area contributed by atoms with E-state index >= 15 is 0 Å². The first-order valence-corrected chi connectivity index (χ1v) is 6.17. The highest BCUT2D eigenvalue weighted by molar-refractivity contribution is 5.91. The molecule has 1 N–H and O–H groups in total. The summed E-state index contributed by atoms with van der Waals surface area (Å²) in [5.74, 6) is -1.40. The number of unbranched alkanes of at least 4 members (excludes halogenated alkanes) is 1. The fourth-order valence-corrected chi connectivity index (χ4v) is 1.65. The smallest absolute Gasteiger partial charge is 0.347 e. The Bertz CT molecular complexity index is 441. The Balaban J connectivity index is 2.89. The summed E-state index contributed by atoms with van der Waals surface area (Å²) in [6.45, 7) is 2.00. The number of para-hydroxylation sites is 1. The third-order valence-electron chi connectivity index (χ3n) is 2.67. The van der Waals surface area contributed by atoms with Gasteiger partial charge in [-0.05, 0) is 25.0 Å². The number of carboxylic acids is 1. The molecule has 1 unspecified atom stereocenters. The second-order valence-electron chi connectivity index (χ2n) is 4.07. The van der Waals surface area contributed by atoms with Crippen molar-refractivity contribution < 1.29 is 24.2 Å². The Morgan fingerprint density at radius 3 is 2.58 bits per heavy atom. The van der Waals surface area contributed by atoms with Crippen LogP contribution in [-0.2, 0) is 9.53 Å². The predicted molar refractivity (Wildman–Crippen MR) is 69.4 cm³/mol. The van der Waals surface area contributed by atoms with Gasteiger partial charge in [-0.2, -0.15) is 0 Å². The van der Waals surface area contributed by atoms with Crippen LogP contribution in [0.4, 0.5) is 0 Å². The van der Waals surface area contributed by atoms with Gasteiger partial charge in [-0.1, -0.05) is 25.5 Å². The summed E-state index contributed by atoms with van der Waals surface area (Å²) in [5, 5.41) is 9.05. The van der Waals surface area contributed by atoms with Crippen molar-refractivity contribution in [2.75, 3.05) is 7.11 Å². The minimum Gasteiger partial charge on any atom is -0.478 e. The summed E-state index contributed by atoms with van der Waals surface area (Å²) in [4.78, 5) is 22.7. The van der Waals surface area contributed by atoms with Gasteiger partial charge in [0.2, 0.25) is 0 Å². The highest BCUT2D eigenvalue weighted by atomic mass is 16.6. The molecule has 1 rings (SSSR count). The van der Waals surface area contributed by atoms with Crippen molar-refractivity contribution in [3.05, 3.63) is 29.8 Å². The first kappa shape index (κ1) is 15.0. The minimum atomic E-state index is -1.09. The summed E-state index contributed by atoms with van der Waals surface area (Å²) in [6.07, 6.45) is 1.44. The van der Waals surface area contributed by atoms with Crippen molar-refractivity contribution in [1.29, 1.82) is 0 Å². The van der Waals surface area contributed by atoms with E-state index in [0.717, 1.165) is 12.8 Å². The van der Waals surface area contributed by atoms with E-state index in [-0.39, 0.29) is 11.3 Å². The fourth-order valence-electron chi connectivity index (χ4n) is 1.65. The molecule has 0 fully saturated rings. The lowest BCUT2D eigenvalue weighted by Crippen LogP contribution is -2.29. The molecule has 0 amide bonds. The van der Waals surface area contributed by atoms with Crippen molar-refractivity contribution in [2.45, 2.75) is 32.3 Å². The molecule has 0 heterocycles. The van der Waals surface area contributed by atoms with E-state index in [0.29, 0.717) is 6.42 Å². The van der Waals surface area contributed by atoms with Crippen LogP contribution in [0.2, 0.25) is 0 Å². The van der Waals surface area contributed by atoms with Gasteiger partial charge >= 0.3 is 11.9 Å². The molecule has 1 aromatic rings. The van der Waals surface area contributed by atoms with Crippen molar-refractivity contribution in [2.24, 2.45) is 0 Å². The van der Waals surface area contributed by atoms with Crippen LogP contribution in [0.25, 0.3) is 0 Å². The summed E-state index contributed by atoms with van der Waals surface area (Å²) in [6, 6.07) is 6.24. The van der Waals surface area contributed by atoms with Crippen molar-refractivity contribution in [1.82, 2.24) is 0 Å². The molecular weight excluding hydrogens is 248 g/mol. The van der Waals surface area contributed by atoms with E-state index in [2.05, 4.69) is 4.74 Å². The van der Waals surface area contributed by atoms with Gasteiger partial charge in [0.15, 0.2) is 6.10 Å². The number of carboxylic acid groups (broad SMARTS) is 1. The Morgan fingerprint density at radius 2 is 2.00 bits per heavy atom. The Kier molecular flexibility index (Phi) is 5.85. The number of carbonyl (C=O) groups is 2. The maximum atomic E-state index is 11.6. The molecule has 0 bridgehead atoms. The third kappa shape index (κ3) is 4.28. The van der Waals surface area contributed by atoms with Crippen molar-refractivity contribution >= 4 is 11.9 Å². The summed E-state index contributed by atoms with van der Waals surface area (Å²) in [5.41, 5.74) is 0.0351. The van der Waals surface area contributed by atoms with Crippen LogP contribution >= 0.6 is 0 Å². The first-order valence-electron chi connectivity index (χ1n) is 6.17. The van der Waals surface area contributed by atoms with Gasteiger partial charge in [0.05, 0.1) is 7.11 Å². The van der Waals surface area contributed by atoms with Crippen molar-refractivity contribution in [3.8, 4) is 5.75 Å². The average Bonchev–Trinajstić information content (AvgIpc) is 2.42. The predicted octanol–water partition coefficient (Wildman–Crippen LogP) is 2.50. The molecule has 0 aliphatic heterocycles. The number of hydrogen-bond acceptors (Lipinski definition) is 4. The third-order valence-corrected chi connectivity index (χ3v) is 2.67. The van der Waals surface area contributed by atoms with E-state index in [1.807, 2.05) is 6.92 Å². The van der Waals surface area contributed by atoms with E-state index in [9.17, 15) is 9.59 Å². The topological polar surface area (TPSA) is 72.8 Å². The van der Waals surface area contributed by atoms with Gasteiger partial charge < -0.3 is 14.6 Å². The number of ether oxygens (including phenoxy) is 2. The van der Waals surface area contributed by atoms with Crippen LogP contribution in [0.15, 0.2) is 24.3 Å². The molecule has 1 atom stereocenters. The molecule has 1 aromatic carbocycles. The largest absolute Gasteiger partial charge is 0.478 e. The summed E-state index contributed by atoms with van der Waals surface area (Å²) in [7, 11) is 1.29. The number of methoxy groups -OCH3 is 1. The van der Waals surface area contributed by atoms with Crippen LogP contribution < -0.4 is 4.74 Å². The molecule has 0 saturated heterocycles. The van der Waals surface area contributed by atoms with E-state index in [1.54, 1.807) is 12.1 Å². The molecule has 0 aromatic heterocycles. The maximum absolute atomic E-state index is 11.6. The molecule has 19 heavy (non-hydrogen) atoms. The number of hydrogen-bond donors (Lipinski definition) is 1. The lowest BCUT2D eigenvalue weighted by atomic mass is 10.1.